The van der Waals surface area contributed by atoms with Gasteiger partial charge in [-0.15, -0.1) is 0 Å². The summed E-state index contributed by atoms with van der Waals surface area (Å²) in [6, 6.07) is 5.65. The first-order valence-corrected chi connectivity index (χ1v) is 8.94. The van der Waals surface area contributed by atoms with E-state index in [0.29, 0.717) is 34.5 Å². The Morgan fingerprint density at radius 2 is 2.12 bits per heavy atom. The first-order valence-electron chi connectivity index (χ1n) is 8.56. The molecule has 0 radical (unpaired) electrons. The Hall–Kier alpha value is -2.51. The minimum Gasteiger partial charge on any atom is -0.376 e. The van der Waals surface area contributed by atoms with Crippen LogP contribution in [0.15, 0.2) is 30.6 Å². The lowest BCUT2D eigenvalue weighted by Crippen LogP contribution is -2.20. The number of rotatable bonds is 5. The van der Waals surface area contributed by atoms with Crippen LogP contribution in [0.5, 0.6) is 0 Å². The molecular formula is C18H19ClN6O. The molecule has 1 saturated heterocycles. The zero-order valence-electron chi connectivity index (χ0n) is 14.4. The van der Waals surface area contributed by atoms with E-state index in [0.717, 1.165) is 30.7 Å². The monoisotopic (exact) mass is 370 g/mol. The summed E-state index contributed by atoms with van der Waals surface area (Å²) in [7, 11) is 0. The smallest absolute Gasteiger partial charge is 0.226 e. The number of anilines is 3. The highest BCUT2D eigenvalue weighted by molar-refractivity contribution is 6.30. The van der Waals surface area contributed by atoms with Gasteiger partial charge in [0.25, 0.3) is 0 Å². The molecule has 0 spiro atoms. The standard InChI is InChI=1S/C18H19ClN6O/c1-11-9-12(19)4-5-14(11)23-17-15-16(21-7-6-20-15)24-18(25-17)22-10-13-3-2-8-26-13/h4-7,9,13H,2-3,8,10H2,1H3,(H2,21,22,23,24,25). The highest BCUT2D eigenvalue weighted by atomic mass is 35.5. The molecule has 1 aromatic carbocycles. The Balaban J connectivity index is 1.65. The molecule has 8 heteroatoms. The van der Waals surface area contributed by atoms with E-state index in [2.05, 4.69) is 30.6 Å². The summed E-state index contributed by atoms with van der Waals surface area (Å²) in [5, 5.41) is 7.27. The Kier molecular flexibility index (Phi) is 4.81. The molecule has 3 aromatic rings. The number of fused-ring (bicyclic) bond motifs is 1. The number of ether oxygens (including phenoxy) is 1. The van der Waals surface area contributed by atoms with Gasteiger partial charge < -0.3 is 15.4 Å². The van der Waals surface area contributed by atoms with Crippen LogP contribution in [0.4, 0.5) is 17.5 Å². The van der Waals surface area contributed by atoms with Crippen LogP contribution in [0.25, 0.3) is 11.2 Å². The van der Waals surface area contributed by atoms with Gasteiger partial charge in [0.2, 0.25) is 5.95 Å². The number of aryl methyl sites for hydroxylation is 1. The van der Waals surface area contributed by atoms with Gasteiger partial charge in [-0.3, -0.25) is 0 Å². The van der Waals surface area contributed by atoms with Crippen molar-refractivity contribution in [1.82, 2.24) is 19.9 Å². The highest BCUT2D eigenvalue weighted by Crippen LogP contribution is 2.26. The van der Waals surface area contributed by atoms with Gasteiger partial charge in [-0.25, -0.2) is 9.97 Å². The number of halogens is 1. The summed E-state index contributed by atoms with van der Waals surface area (Å²) >= 11 is 6.05. The van der Waals surface area contributed by atoms with Crippen LogP contribution < -0.4 is 10.6 Å². The molecule has 3 heterocycles. The van der Waals surface area contributed by atoms with E-state index in [4.69, 9.17) is 16.3 Å². The van der Waals surface area contributed by atoms with Crippen LogP contribution in [-0.2, 0) is 4.74 Å². The SMILES string of the molecule is Cc1cc(Cl)ccc1Nc1nc(NCC2CCCO2)nc2nccnc12. The Bertz CT molecular complexity index is 929. The van der Waals surface area contributed by atoms with E-state index < -0.39 is 0 Å². The van der Waals surface area contributed by atoms with Gasteiger partial charge in [0, 0.05) is 36.3 Å². The summed E-state index contributed by atoms with van der Waals surface area (Å²) in [4.78, 5) is 17.7. The molecule has 2 N–H and O–H groups in total. The third-order valence-corrected chi connectivity index (χ3v) is 4.52. The summed E-state index contributed by atoms with van der Waals surface area (Å²) in [6.07, 6.45) is 5.60. The fourth-order valence-corrected chi connectivity index (χ4v) is 3.16. The molecule has 0 bridgehead atoms. The predicted molar refractivity (Wildman–Crippen MR) is 102 cm³/mol. The number of nitrogens with one attached hydrogen (secondary N) is 2. The summed E-state index contributed by atoms with van der Waals surface area (Å²) < 4.78 is 5.64. The van der Waals surface area contributed by atoms with E-state index in [1.165, 1.54) is 0 Å². The van der Waals surface area contributed by atoms with Crippen LogP contribution >= 0.6 is 11.6 Å². The molecule has 0 aliphatic carbocycles. The minimum atomic E-state index is 0.200. The van der Waals surface area contributed by atoms with Crippen molar-refractivity contribution in [3.8, 4) is 0 Å². The van der Waals surface area contributed by atoms with E-state index >= 15 is 0 Å². The molecule has 0 saturated carbocycles. The molecule has 7 nitrogen and oxygen atoms in total. The Morgan fingerprint density at radius 1 is 1.23 bits per heavy atom. The highest BCUT2D eigenvalue weighted by Gasteiger charge is 2.17. The van der Waals surface area contributed by atoms with Crippen LogP contribution in [0, 0.1) is 6.92 Å². The Labute approximate surface area is 156 Å². The number of aromatic nitrogens is 4. The fourth-order valence-electron chi connectivity index (χ4n) is 2.94. The quantitative estimate of drug-likeness (QED) is 0.708. The molecule has 1 atom stereocenters. The van der Waals surface area contributed by atoms with Gasteiger partial charge in [0.15, 0.2) is 17.0 Å². The predicted octanol–water partition coefficient (Wildman–Crippen LogP) is 3.72. The zero-order chi connectivity index (χ0) is 17.9. The molecular weight excluding hydrogens is 352 g/mol. The molecule has 1 aliphatic heterocycles. The normalized spacial score (nSPS) is 16.8. The van der Waals surface area contributed by atoms with E-state index in [-0.39, 0.29) is 6.10 Å². The lowest BCUT2D eigenvalue weighted by Gasteiger charge is -2.14. The summed E-state index contributed by atoms with van der Waals surface area (Å²) in [5.74, 6) is 1.10. The molecule has 1 fully saturated rings. The lowest BCUT2D eigenvalue weighted by atomic mass is 10.2. The number of hydrogen-bond donors (Lipinski definition) is 2. The maximum absolute atomic E-state index is 6.05. The zero-order valence-corrected chi connectivity index (χ0v) is 15.1. The van der Waals surface area contributed by atoms with Crippen LogP contribution in [-0.4, -0.2) is 39.2 Å². The van der Waals surface area contributed by atoms with Gasteiger partial charge in [0.05, 0.1) is 6.10 Å². The second-order valence-corrected chi connectivity index (χ2v) is 6.66. The average Bonchev–Trinajstić information content (AvgIpc) is 3.16. The van der Waals surface area contributed by atoms with E-state index in [9.17, 15) is 0 Å². The van der Waals surface area contributed by atoms with Crippen molar-refractivity contribution in [2.24, 2.45) is 0 Å². The third kappa shape index (κ3) is 3.68. The second kappa shape index (κ2) is 7.39. The van der Waals surface area contributed by atoms with Crippen LogP contribution in [0.3, 0.4) is 0 Å². The van der Waals surface area contributed by atoms with Crippen LogP contribution in [0.1, 0.15) is 18.4 Å². The van der Waals surface area contributed by atoms with Gasteiger partial charge in [-0.2, -0.15) is 9.97 Å². The van der Waals surface area contributed by atoms with Crippen molar-refractivity contribution in [1.29, 1.82) is 0 Å². The molecule has 134 valence electrons. The van der Waals surface area contributed by atoms with E-state index in [1.54, 1.807) is 12.4 Å². The Morgan fingerprint density at radius 3 is 2.92 bits per heavy atom. The molecule has 4 rings (SSSR count). The topological polar surface area (TPSA) is 84.9 Å². The molecule has 26 heavy (non-hydrogen) atoms. The molecule has 1 aliphatic rings. The van der Waals surface area contributed by atoms with E-state index in [1.807, 2.05) is 25.1 Å². The van der Waals surface area contributed by atoms with Gasteiger partial charge in [-0.1, -0.05) is 11.6 Å². The van der Waals surface area contributed by atoms with Crippen molar-refractivity contribution in [3.05, 3.63) is 41.2 Å². The number of hydrogen-bond acceptors (Lipinski definition) is 7. The van der Waals surface area contributed by atoms with Gasteiger partial charge in [-0.05, 0) is 43.5 Å². The fraction of sp³-hybridized carbons (Fsp3) is 0.333. The van der Waals surface area contributed by atoms with Crippen molar-refractivity contribution in [2.45, 2.75) is 25.9 Å². The van der Waals surface area contributed by atoms with Crippen molar-refractivity contribution >= 4 is 40.2 Å². The lowest BCUT2D eigenvalue weighted by molar-refractivity contribution is 0.120. The van der Waals surface area contributed by atoms with Gasteiger partial charge >= 0.3 is 0 Å². The minimum absolute atomic E-state index is 0.200. The first kappa shape index (κ1) is 16.9. The first-order chi connectivity index (χ1) is 12.7. The summed E-state index contributed by atoms with van der Waals surface area (Å²) in [5.41, 5.74) is 3.07. The number of nitrogens with zero attached hydrogens (tertiary/aromatic N) is 4. The van der Waals surface area contributed by atoms with Crippen LogP contribution in [0.2, 0.25) is 5.02 Å². The average molecular weight is 371 g/mol. The molecule has 2 aromatic heterocycles. The summed E-state index contributed by atoms with van der Waals surface area (Å²) in [6.45, 7) is 3.48. The van der Waals surface area contributed by atoms with Gasteiger partial charge in [0.1, 0.15) is 0 Å². The second-order valence-electron chi connectivity index (χ2n) is 6.22. The van der Waals surface area contributed by atoms with Crippen molar-refractivity contribution in [3.63, 3.8) is 0 Å². The maximum Gasteiger partial charge on any atom is 0.226 e. The number of benzene rings is 1. The maximum atomic E-state index is 6.05. The molecule has 1 unspecified atom stereocenters. The largest absolute Gasteiger partial charge is 0.376 e. The third-order valence-electron chi connectivity index (χ3n) is 4.29. The van der Waals surface area contributed by atoms with Crippen molar-refractivity contribution in [2.75, 3.05) is 23.8 Å². The van der Waals surface area contributed by atoms with Crippen molar-refractivity contribution < 1.29 is 4.74 Å². The molecule has 0 amide bonds.